The fraction of sp³-hybridized carbons (Fsp3) is 0.0357. The molecule has 0 N–H and O–H groups in total. The first-order valence-electron chi connectivity index (χ1n) is 11.1. The van der Waals surface area contributed by atoms with Crippen LogP contribution in [0.1, 0.15) is 20.7 Å². The zero-order valence-electron chi connectivity index (χ0n) is 19.6. The van der Waals surface area contributed by atoms with Crippen molar-refractivity contribution in [3.8, 4) is 39.4 Å². The van der Waals surface area contributed by atoms with E-state index in [0.29, 0.717) is 61.7 Å². The molecule has 188 valence electrons. The number of nitrogens with zero attached hydrogens (tertiary/aromatic N) is 3. The number of benzene rings is 2. The van der Waals surface area contributed by atoms with Crippen LogP contribution in [-0.2, 0) is 0 Å². The summed E-state index contributed by atoms with van der Waals surface area (Å²) in [6.07, 6.45) is 2.58. The summed E-state index contributed by atoms with van der Waals surface area (Å²) >= 11 is 19.8. The van der Waals surface area contributed by atoms with Gasteiger partial charge in [0.05, 0.1) is 28.4 Å². The van der Waals surface area contributed by atoms with Crippen molar-refractivity contribution >= 4 is 53.0 Å². The molecule has 0 saturated carbocycles. The van der Waals surface area contributed by atoms with Crippen molar-refractivity contribution < 1.29 is 14.3 Å². The van der Waals surface area contributed by atoms with Crippen LogP contribution in [-0.4, -0.2) is 34.1 Å². The van der Waals surface area contributed by atoms with Crippen molar-refractivity contribution in [1.29, 1.82) is 0 Å². The summed E-state index contributed by atoms with van der Waals surface area (Å²) in [4.78, 5) is 43.6. The average molecular weight is 565 g/mol. The van der Waals surface area contributed by atoms with E-state index in [1.54, 1.807) is 24.3 Å². The van der Waals surface area contributed by atoms with Gasteiger partial charge in [0.25, 0.3) is 5.56 Å². The van der Waals surface area contributed by atoms with E-state index in [0.717, 1.165) is 0 Å². The molecular weight excluding hydrogens is 549 g/mol. The Morgan fingerprint density at radius 1 is 0.816 bits per heavy atom. The highest BCUT2D eigenvalue weighted by Crippen LogP contribution is 2.42. The first kappa shape index (κ1) is 25.6. The van der Waals surface area contributed by atoms with Gasteiger partial charge in [0.1, 0.15) is 16.4 Å². The van der Waals surface area contributed by atoms with Crippen molar-refractivity contribution in [2.75, 3.05) is 7.11 Å². The molecule has 3 aromatic heterocycles. The second-order valence-electron chi connectivity index (χ2n) is 8.13. The van der Waals surface area contributed by atoms with Crippen LogP contribution in [0.5, 0.6) is 5.88 Å². The monoisotopic (exact) mass is 563 g/mol. The Morgan fingerprint density at radius 3 is 2.13 bits per heavy atom. The van der Waals surface area contributed by atoms with Crippen LogP contribution < -0.4 is 10.3 Å². The summed E-state index contributed by atoms with van der Waals surface area (Å²) in [5.41, 5.74) is 3.70. The lowest BCUT2D eigenvalue weighted by Crippen LogP contribution is -2.19. The summed E-state index contributed by atoms with van der Waals surface area (Å²) in [5, 5.41) is 0.674. The first-order chi connectivity index (χ1) is 18.4. The minimum absolute atomic E-state index is 0.169. The number of carbonyl (C=O) groups excluding carboxylic acids is 2. The molecule has 0 unspecified atom stereocenters. The van der Waals surface area contributed by atoms with Gasteiger partial charge < -0.3 is 4.74 Å². The number of aromatic nitrogens is 3. The van der Waals surface area contributed by atoms with Gasteiger partial charge in [-0.05, 0) is 29.8 Å². The Morgan fingerprint density at radius 2 is 1.47 bits per heavy atom. The minimum Gasteiger partial charge on any atom is -0.480 e. The fourth-order valence-corrected chi connectivity index (χ4v) is 5.02. The molecule has 0 fully saturated rings. The van der Waals surface area contributed by atoms with Crippen molar-refractivity contribution in [2.24, 2.45) is 0 Å². The Bertz CT molecular complexity index is 1820. The van der Waals surface area contributed by atoms with Crippen LogP contribution in [0.4, 0.5) is 0 Å². The molecule has 38 heavy (non-hydrogen) atoms. The third kappa shape index (κ3) is 4.35. The topological polar surface area (TPSA) is 90.6 Å². The highest BCUT2D eigenvalue weighted by atomic mass is 35.5. The molecule has 5 rings (SSSR count). The number of aldehydes is 2. The van der Waals surface area contributed by atoms with Crippen LogP contribution in [0, 0.1) is 0 Å². The van der Waals surface area contributed by atoms with E-state index >= 15 is 0 Å². The molecule has 0 bridgehead atoms. The van der Waals surface area contributed by atoms with E-state index in [-0.39, 0.29) is 22.2 Å². The number of rotatable bonds is 6. The molecule has 7 nitrogen and oxygen atoms in total. The van der Waals surface area contributed by atoms with E-state index in [9.17, 15) is 14.4 Å². The smallest absolute Gasteiger partial charge is 0.270 e. The lowest BCUT2D eigenvalue weighted by Gasteiger charge is -2.14. The fourth-order valence-electron chi connectivity index (χ4n) is 4.15. The van der Waals surface area contributed by atoms with E-state index in [1.807, 2.05) is 36.4 Å². The van der Waals surface area contributed by atoms with Crippen molar-refractivity contribution in [3.05, 3.63) is 104 Å². The van der Waals surface area contributed by atoms with Gasteiger partial charge >= 0.3 is 0 Å². The number of methoxy groups -OCH3 is 1. The Labute approximate surface area is 231 Å². The molecule has 5 aromatic rings. The normalized spacial score (nSPS) is 10.9. The molecule has 0 aliphatic carbocycles. The Balaban J connectivity index is 1.63. The standard InChI is InChI=1S/C28H16Cl3N3O4/c1-38-27-16(13-35)8-9-22(32-27)20-7-3-6-19(25(20)30)18-5-2-4-17(24(18)29)15-10-11-34-23(12-15)33-26(31)21(14-36)28(34)37/h2-14H,1H3. The third-order valence-corrected chi connectivity index (χ3v) is 7.12. The molecule has 0 spiro atoms. The highest BCUT2D eigenvalue weighted by molar-refractivity contribution is 6.39. The van der Waals surface area contributed by atoms with Crippen molar-refractivity contribution in [1.82, 2.24) is 14.4 Å². The maximum absolute atomic E-state index is 12.5. The largest absolute Gasteiger partial charge is 0.480 e. The summed E-state index contributed by atoms with van der Waals surface area (Å²) in [6.45, 7) is 0. The molecule has 0 saturated heterocycles. The molecule has 3 heterocycles. The maximum atomic E-state index is 12.5. The second kappa shape index (κ2) is 10.4. The first-order valence-corrected chi connectivity index (χ1v) is 12.3. The number of hydrogen-bond acceptors (Lipinski definition) is 6. The van der Waals surface area contributed by atoms with Crippen LogP contribution >= 0.6 is 34.8 Å². The van der Waals surface area contributed by atoms with E-state index in [2.05, 4.69) is 9.97 Å². The number of halogens is 3. The molecule has 2 aromatic carbocycles. The molecule has 0 aliphatic heterocycles. The van der Waals surface area contributed by atoms with E-state index in [1.165, 1.54) is 17.7 Å². The van der Waals surface area contributed by atoms with Crippen LogP contribution in [0.15, 0.2) is 71.7 Å². The molecule has 0 amide bonds. The van der Waals surface area contributed by atoms with Gasteiger partial charge in [0.15, 0.2) is 12.6 Å². The SMILES string of the molecule is COc1nc(-c2cccc(-c3cccc(-c4ccn5c(=O)c(C=O)c(Cl)nc5c4)c3Cl)c2Cl)ccc1C=O. The number of hydrogen-bond donors (Lipinski definition) is 0. The van der Waals surface area contributed by atoms with Crippen molar-refractivity contribution in [2.45, 2.75) is 0 Å². The van der Waals surface area contributed by atoms with E-state index < -0.39 is 5.56 Å². The van der Waals surface area contributed by atoms with Crippen LogP contribution in [0.25, 0.3) is 39.2 Å². The molecular formula is C28H16Cl3N3O4. The number of pyridine rings is 2. The zero-order chi connectivity index (χ0) is 27.0. The summed E-state index contributed by atoms with van der Waals surface area (Å²) in [7, 11) is 1.44. The zero-order valence-corrected chi connectivity index (χ0v) is 21.9. The van der Waals surface area contributed by atoms with Crippen LogP contribution in [0.2, 0.25) is 15.2 Å². The van der Waals surface area contributed by atoms with Gasteiger partial charge in [-0.15, -0.1) is 0 Å². The molecule has 0 atom stereocenters. The van der Waals surface area contributed by atoms with Gasteiger partial charge in [0, 0.05) is 28.5 Å². The maximum Gasteiger partial charge on any atom is 0.270 e. The minimum atomic E-state index is -0.559. The van der Waals surface area contributed by atoms with Gasteiger partial charge in [-0.3, -0.25) is 18.8 Å². The van der Waals surface area contributed by atoms with Gasteiger partial charge in [0.2, 0.25) is 5.88 Å². The van der Waals surface area contributed by atoms with Gasteiger partial charge in [-0.2, -0.15) is 0 Å². The van der Waals surface area contributed by atoms with Crippen molar-refractivity contribution in [3.63, 3.8) is 0 Å². The van der Waals surface area contributed by atoms with Crippen LogP contribution in [0.3, 0.4) is 0 Å². The summed E-state index contributed by atoms with van der Waals surface area (Å²) in [5.74, 6) is 0.198. The highest BCUT2D eigenvalue weighted by Gasteiger charge is 2.18. The second-order valence-corrected chi connectivity index (χ2v) is 9.24. The molecule has 10 heteroatoms. The lowest BCUT2D eigenvalue weighted by atomic mass is 9.97. The lowest BCUT2D eigenvalue weighted by molar-refractivity contribution is 0.111. The van der Waals surface area contributed by atoms with E-state index in [4.69, 9.17) is 39.5 Å². The average Bonchev–Trinajstić information content (AvgIpc) is 2.93. The number of carbonyl (C=O) groups is 2. The quantitative estimate of drug-likeness (QED) is 0.169. The molecule has 0 radical (unpaired) electrons. The third-order valence-electron chi connectivity index (χ3n) is 6.02. The van der Waals surface area contributed by atoms with Gasteiger partial charge in [-0.25, -0.2) is 9.97 Å². The van der Waals surface area contributed by atoms with Gasteiger partial charge in [-0.1, -0.05) is 71.2 Å². The predicted octanol–water partition coefficient (Wildman–Crippen LogP) is 6.68. The molecule has 0 aliphatic rings. The summed E-state index contributed by atoms with van der Waals surface area (Å²) in [6, 6.07) is 17.7. The summed E-state index contributed by atoms with van der Waals surface area (Å²) < 4.78 is 6.48. The number of ether oxygens (including phenoxy) is 1. The Kier molecular flexibility index (Phi) is 6.99. The Hall–Kier alpha value is -4.04. The predicted molar refractivity (Wildman–Crippen MR) is 148 cm³/mol. The number of fused-ring (bicyclic) bond motifs is 1.